The zero-order valence-electron chi connectivity index (χ0n) is 8.36. The van der Waals surface area contributed by atoms with Gasteiger partial charge in [-0.1, -0.05) is 13.3 Å². The Kier molecular flexibility index (Phi) is 3.91. The fraction of sp³-hybridized carbons (Fsp3) is 0.400. The Morgan fingerprint density at radius 3 is 2.67 bits per heavy atom. The van der Waals surface area contributed by atoms with Crippen LogP contribution >= 0.6 is 0 Å². The van der Waals surface area contributed by atoms with Gasteiger partial charge in [0.15, 0.2) is 0 Å². The second kappa shape index (κ2) is 5.19. The molecule has 0 aliphatic carbocycles. The Morgan fingerprint density at radius 2 is 2.07 bits per heavy atom. The third-order valence-electron chi connectivity index (χ3n) is 1.84. The molecule has 0 unspecified atom stereocenters. The molecule has 0 aliphatic rings. The van der Waals surface area contributed by atoms with E-state index in [9.17, 15) is 9.59 Å². The first-order valence-electron chi connectivity index (χ1n) is 4.63. The van der Waals surface area contributed by atoms with Crippen LogP contribution in [0.2, 0.25) is 0 Å². The number of furan rings is 1. The van der Waals surface area contributed by atoms with Crippen LogP contribution in [0.15, 0.2) is 16.9 Å². The molecule has 0 radical (unpaired) electrons. The highest BCUT2D eigenvalue weighted by atomic mass is 16.5. The molecule has 0 aliphatic heterocycles. The maximum Gasteiger partial charge on any atom is 0.342 e. The average Bonchev–Trinajstić information content (AvgIpc) is 2.66. The van der Waals surface area contributed by atoms with E-state index in [1.807, 2.05) is 6.92 Å². The summed E-state index contributed by atoms with van der Waals surface area (Å²) in [5.41, 5.74) is -0.213. The number of carboxylic acid groups (broad SMARTS) is 1. The summed E-state index contributed by atoms with van der Waals surface area (Å²) >= 11 is 0. The van der Waals surface area contributed by atoms with Gasteiger partial charge in [0.1, 0.15) is 23.7 Å². The predicted octanol–water partition coefficient (Wildman–Crippen LogP) is 1.93. The number of unbranched alkanes of at least 4 members (excludes halogenated alkanes) is 1. The second-order valence-electron chi connectivity index (χ2n) is 2.99. The minimum Gasteiger partial charge on any atom is -0.478 e. The van der Waals surface area contributed by atoms with Crippen LogP contribution in [0.25, 0.3) is 0 Å². The Balaban J connectivity index is 2.65. The summed E-state index contributed by atoms with van der Waals surface area (Å²) in [5, 5.41) is 8.71. The van der Waals surface area contributed by atoms with Gasteiger partial charge in [-0.25, -0.2) is 9.59 Å². The lowest BCUT2D eigenvalue weighted by molar-refractivity contribution is 0.0489. The van der Waals surface area contributed by atoms with Crippen molar-refractivity contribution in [1.29, 1.82) is 0 Å². The van der Waals surface area contributed by atoms with Gasteiger partial charge in [0.2, 0.25) is 0 Å². The first-order valence-corrected chi connectivity index (χ1v) is 4.63. The zero-order chi connectivity index (χ0) is 11.3. The van der Waals surface area contributed by atoms with E-state index in [1.165, 1.54) is 0 Å². The number of ether oxygens (including phenoxy) is 1. The van der Waals surface area contributed by atoms with E-state index in [2.05, 4.69) is 4.42 Å². The van der Waals surface area contributed by atoms with Crippen molar-refractivity contribution in [2.45, 2.75) is 19.8 Å². The average molecular weight is 212 g/mol. The molecule has 5 nitrogen and oxygen atoms in total. The van der Waals surface area contributed by atoms with Crippen molar-refractivity contribution in [2.75, 3.05) is 6.61 Å². The highest BCUT2D eigenvalue weighted by Gasteiger charge is 2.19. The molecule has 0 amide bonds. The normalized spacial score (nSPS) is 9.93. The fourth-order valence-electron chi connectivity index (χ4n) is 1.01. The number of rotatable bonds is 5. The van der Waals surface area contributed by atoms with Crippen LogP contribution in [-0.2, 0) is 4.74 Å². The Bertz CT molecular complexity index is 352. The number of carbonyl (C=O) groups excluding carboxylic acids is 1. The molecule has 1 aromatic heterocycles. The van der Waals surface area contributed by atoms with Crippen molar-refractivity contribution in [1.82, 2.24) is 0 Å². The topological polar surface area (TPSA) is 76.7 Å². The molecule has 5 heteroatoms. The number of esters is 1. The third-order valence-corrected chi connectivity index (χ3v) is 1.84. The molecular weight excluding hydrogens is 200 g/mol. The van der Waals surface area contributed by atoms with Crippen LogP contribution in [0.4, 0.5) is 0 Å². The molecule has 0 saturated heterocycles. The first kappa shape index (κ1) is 11.3. The molecular formula is C10H12O5. The van der Waals surface area contributed by atoms with Crippen LogP contribution in [0, 0.1) is 0 Å². The van der Waals surface area contributed by atoms with Gasteiger partial charge < -0.3 is 14.3 Å². The number of aromatic carboxylic acids is 1. The number of hydrogen-bond donors (Lipinski definition) is 1. The quantitative estimate of drug-likeness (QED) is 0.596. The summed E-state index contributed by atoms with van der Waals surface area (Å²) in [5.74, 6) is -1.86. The number of hydrogen-bond acceptors (Lipinski definition) is 4. The van der Waals surface area contributed by atoms with E-state index >= 15 is 0 Å². The predicted molar refractivity (Wildman–Crippen MR) is 50.9 cm³/mol. The van der Waals surface area contributed by atoms with E-state index in [1.54, 1.807) is 0 Å². The van der Waals surface area contributed by atoms with E-state index in [0.717, 1.165) is 25.4 Å². The van der Waals surface area contributed by atoms with Crippen LogP contribution in [0.3, 0.4) is 0 Å². The molecule has 0 spiro atoms. The van der Waals surface area contributed by atoms with Gasteiger partial charge in [0, 0.05) is 0 Å². The lowest BCUT2D eigenvalue weighted by atomic mass is 10.2. The van der Waals surface area contributed by atoms with Crippen LogP contribution < -0.4 is 0 Å². The van der Waals surface area contributed by atoms with Crippen molar-refractivity contribution in [3.05, 3.63) is 23.7 Å². The SMILES string of the molecule is CCCCOC(=O)c1cocc1C(=O)O. The summed E-state index contributed by atoms with van der Waals surface area (Å²) < 4.78 is 9.51. The van der Waals surface area contributed by atoms with Crippen molar-refractivity contribution in [3.63, 3.8) is 0 Å². The standard InChI is InChI=1S/C10H12O5/c1-2-3-4-15-10(13)8-6-14-5-7(8)9(11)12/h5-6H,2-4H2,1H3,(H,11,12). The molecule has 0 fully saturated rings. The van der Waals surface area contributed by atoms with Crippen molar-refractivity contribution < 1.29 is 23.8 Å². The summed E-state index contributed by atoms with van der Waals surface area (Å²) in [7, 11) is 0. The van der Waals surface area contributed by atoms with Crippen molar-refractivity contribution >= 4 is 11.9 Å². The molecule has 82 valence electrons. The van der Waals surface area contributed by atoms with E-state index in [4.69, 9.17) is 9.84 Å². The monoisotopic (exact) mass is 212 g/mol. The number of carboxylic acids is 1. The van der Waals surface area contributed by atoms with Gasteiger partial charge in [-0.05, 0) is 6.42 Å². The smallest absolute Gasteiger partial charge is 0.342 e. The molecule has 1 rings (SSSR count). The summed E-state index contributed by atoms with van der Waals surface area (Å²) in [6.07, 6.45) is 3.76. The Morgan fingerprint density at radius 1 is 1.40 bits per heavy atom. The molecule has 0 saturated carbocycles. The van der Waals surface area contributed by atoms with Crippen LogP contribution in [0.1, 0.15) is 40.5 Å². The maximum atomic E-state index is 11.4. The highest BCUT2D eigenvalue weighted by Crippen LogP contribution is 2.12. The van der Waals surface area contributed by atoms with Crippen molar-refractivity contribution in [2.24, 2.45) is 0 Å². The zero-order valence-corrected chi connectivity index (χ0v) is 8.36. The van der Waals surface area contributed by atoms with Gasteiger partial charge in [-0.15, -0.1) is 0 Å². The second-order valence-corrected chi connectivity index (χ2v) is 2.99. The van der Waals surface area contributed by atoms with Crippen LogP contribution in [0.5, 0.6) is 0 Å². The molecule has 0 bridgehead atoms. The van der Waals surface area contributed by atoms with Gasteiger partial charge in [0.05, 0.1) is 6.61 Å². The van der Waals surface area contributed by atoms with Gasteiger partial charge in [0.25, 0.3) is 0 Å². The molecule has 1 N–H and O–H groups in total. The number of carbonyl (C=O) groups is 2. The summed E-state index contributed by atoms with van der Waals surface area (Å²) in [6.45, 7) is 2.26. The maximum absolute atomic E-state index is 11.4. The lowest BCUT2D eigenvalue weighted by Crippen LogP contribution is -2.10. The third kappa shape index (κ3) is 2.83. The molecule has 1 aromatic rings. The first-order chi connectivity index (χ1) is 7.16. The minimum absolute atomic E-state index is 0.0430. The van der Waals surface area contributed by atoms with E-state index in [-0.39, 0.29) is 11.1 Å². The molecule has 0 aromatic carbocycles. The van der Waals surface area contributed by atoms with Gasteiger partial charge >= 0.3 is 11.9 Å². The van der Waals surface area contributed by atoms with Gasteiger partial charge in [-0.2, -0.15) is 0 Å². The van der Waals surface area contributed by atoms with E-state index in [0.29, 0.717) is 6.61 Å². The molecule has 15 heavy (non-hydrogen) atoms. The minimum atomic E-state index is -1.20. The lowest BCUT2D eigenvalue weighted by Gasteiger charge is -2.01. The van der Waals surface area contributed by atoms with Gasteiger partial charge in [-0.3, -0.25) is 0 Å². The summed E-state index contributed by atoms with van der Waals surface area (Å²) in [4.78, 5) is 22.0. The fourth-order valence-corrected chi connectivity index (χ4v) is 1.01. The van der Waals surface area contributed by atoms with E-state index < -0.39 is 11.9 Å². The molecule has 1 heterocycles. The van der Waals surface area contributed by atoms with Crippen LogP contribution in [-0.4, -0.2) is 23.7 Å². The Hall–Kier alpha value is -1.78. The highest BCUT2D eigenvalue weighted by molar-refractivity contribution is 6.01. The van der Waals surface area contributed by atoms with Crippen molar-refractivity contribution in [3.8, 4) is 0 Å². The largest absolute Gasteiger partial charge is 0.478 e. The molecule has 0 atom stereocenters. The Labute approximate surface area is 86.6 Å². The summed E-state index contributed by atoms with van der Waals surface area (Å²) in [6, 6.07) is 0.